The van der Waals surface area contributed by atoms with Gasteiger partial charge in [-0.2, -0.15) is 5.10 Å². The molecule has 0 unspecified atom stereocenters. The lowest BCUT2D eigenvalue weighted by atomic mass is 10.3. The van der Waals surface area contributed by atoms with E-state index in [1.54, 1.807) is 23.9 Å². The van der Waals surface area contributed by atoms with Gasteiger partial charge in [0.15, 0.2) is 4.67 Å². The number of anilines is 1. The van der Waals surface area contributed by atoms with Crippen LogP contribution >= 0.6 is 15.9 Å². The Bertz CT molecular complexity index is 530. The average molecular weight is 284 g/mol. The molecule has 5 nitrogen and oxygen atoms in total. The molecule has 16 heavy (non-hydrogen) atoms. The summed E-state index contributed by atoms with van der Waals surface area (Å²) in [6.07, 6.45) is 1.45. The second-order valence-electron chi connectivity index (χ2n) is 3.36. The van der Waals surface area contributed by atoms with Crippen LogP contribution in [0.4, 0.5) is 5.82 Å². The Labute approximate surface area is 101 Å². The topological polar surface area (TPSA) is 60.1 Å². The van der Waals surface area contributed by atoms with Gasteiger partial charge in [-0.25, -0.2) is 0 Å². The minimum Gasteiger partial charge on any atom is -0.457 e. The highest BCUT2D eigenvalue weighted by molar-refractivity contribution is 9.10. The second-order valence-corrected chi connectivity index (χ2v) is 4.08. The number of carbonyl (C=O) groups is 1. The Kier molecular flexibility index (Phi) is 2.82. The Morgan fingerprint density at radius 3 is 2.88 bits per heavy atom. The molecule has 6 heteroatoms. The zero-order valence-electron chi connectivity index (χ0n) is 8.82. The molecule has 0 aliphatic rings. The van der Waals surface area contributed by atoms with Crippen LogP contribution in [0.3, 0.4) is 0 Å². The molecular weight excluding hydrogens is 274 g/mol. The van der Waals surface area contributed by atoms with E-state index in [1.807, 2.05) is 6.92 Å². The van der Waals surface area contributed by atoms with E-state index in [4.69, 9.17) is 4.42 Å². The highest BCUT2D eigenvalue weighted by Gasteiger charge is 2.14. The molecule has 0 saturated heterocycles. The first-order valence-corrected chi connectivity index (χ1v) is 5.42. The molecule has 0 aliphatic heterocycles. The summed E-state index contributed by atoms with van der Waals surface area (Å²) in [6, 6.07) is 3.40. The molecule has 0 fully saturated rings. The monoisotopic (exact) mass is 283 g/mol. The van der Waals surface area contributed by atoms with Gasteiger partial charge in [0.2, 0.25) is 0 Å². The van der Waals surface area contributed by atoms with Crippen LogP contribution in [-0.4, -0.2) is 15.7 Å². The van der Waals surface area contributed by atoms with Gasteiger partial charge in [0.1, 0.15) is 5.82 Å². The standard InChI is InChI=1S/C10H10BrN3O2/c1-6-5-8(14(2)13-6)12-10(15)7-3-4-16-9(7)11/h3-5H,1-2H3,(H,12,15). The van der Waals surface area contributed by atoms with Gasteiger partial charge in [0.25, 0.3) is 5.91 Å². The lowest BCUT2D eigenvalue weighted by molar-refractivity contribution is 0.102. The van der Waals surface area contributed by atoms with E-state index >= 15 is 0 Å². The van der Waals surface area contributed by atoms with Crippen LogP contribution in [0, 0.1) is 6.92 Å². The van der Waals surface area contributed by atoms with Gasteiger partial charge in [-0.3, -0.25) is 9.48 Å². The molecule has 1 amide bonds. The van der Waals surface area contributed by atoms with Crippen molar-refractivity contribution in [2.75, 3.05) is 5.32 Å². The minimum absolute atomic E-state index is 0.233. The first-order valence-electron chi connectivity index (χ1n) is 4.63. The quantitative estimate of drug-likeness (QED) is 0.920. The number of aromatic nitrogens is 2. The first kappa shape index (κ1) is 10.9. The summed E-state index contributed by atoms with van der Waals surface area (Å²) in [5.41, 5.74) is 1.31. The maximum Gasteiger partial charge on any atom is 0.261 e. The van der Waals surface area contributed by atoms with Crippen molar-refractivity contribution in [2.24, 2.45) is 7.05 Å². The van der Waals surface area contributed by atoms with Gasteiger partial charge >= 0.3 is 0 Å². The van der Waals surface area contributed by atoms with Crippen molar-refractivity contribution in [2.45, 2.75) is 6.92 Å². The molecule has 0 bridgehead atoms. The van der Waals surface area contributed by atoms with Crippen molar-refractivity contribution in [1.82, 2.24) is 9.78 Å². The van der Waals surface area contributed by atoms with E-state index in [0.29, 0.717) is 16.1 Å². The van der Waals surface area contributed by atoms with Crippen LogP contribution in [0.2, 0.25) is 0 Å². The summed E-state index contributed by atoms with van der Waals surface area (Å²) < 4.78 is 7.02. The van der Waals surface area contributed by atoms with Gasteiger partial charge in [0, 0.05) is 13.1 Å². The normalized spacial score (nSPS) is 10.4. The van der Waals surface area contributed by atoms with E-state index in [-0.39, 0.29) is 5.91 Å². The summed E-state index contributed by atoms with van der Waals surface area (Å²) in [7, 11) is 1.77. The fourth-order valence-electron chi connectivity index (χ4n) is 1.37. The third-order valence-corrected chi connectivity index (χ3v) is 2.72. The maximum absolute atomic E-state index is 11.8. The van der Waals surface area contributed by atoms with Gasteiger partial charge in [0.05, 0.1) is 17.5 Å². The van der Waals surface area contributed by atoms with E-state index < -0.39 is 0 Å². The largest absolute Gasteiger partial charge is 0.457 e. The molecule has 0 aliphatic carbocycles. The number of nitrogens with one attached hydrogen (secondary N) is 1. The maximum atomic E-state index is 11.8. The molecule has 2 rings (SSSR count). The molecule has 0 saturated carbocycles. The van der Waals surface area contributed by atoms with Crippen molar-refractivity contribution in [3.05, 3.63) is 34.3 Å². The van der Waals surface area contributed by atoms with Gasteiger partial charge in [-0.05, 0) is 28.9 Å². The van der Waals surface area contributed by atoms with Crippen molar-refractivity contribution in [3.63, 3.8) is 0 Å². The highest BCUT2D eigenvalue weighted by Crippen LogP contribution is 2.19. The smallest absolute Gasteiger partial charge is 0.261 e. The lowest BCUT2D eigenvalue weighted by Gasteiger charge is -2.03. The Hall–Kier alpha value is -1.56. The molecule has 2 aromatic rings. The highest BCUT2D eigenvalue weighted by atomic mass is 79.9. The van der Waals surface area contributed by atoms with Gasteiger partial charge in [-0.1, -0.05) is 0 Å². The third-order valence-electron chi connectivity index (χ3n) is 2.11. The molecule has 84 valence electrons. The van der Waals surface area contributed by atoms with Crippen LogP contribution in [-0.2, 0) is 7.05 Å². The minimum atomic E-state index is -0.233. The molecule has 0 radical (unpaired) electrons. The number of rotatable bonds is 2. The number of carbonyl (C=O) groups excluding carboxylic acids is 1. The van der Waals surface area contributed by atoms with Crippen molar-refractivity contribution in [1.29, 1.82) is 0 Å². The Morgan fingerprint density at radius 2 is 2.38 bits per heavy atom. The summed E-state index contributed by atoms with van der Waals surface area (Å²) in [6.45, 7) is 1.86. The molecule has 0 atom stereocenters. The summed E-state index contributed by atoms with van der Waals surface area (Å²) in [4.78, 5) is 11.8. The second kappa shape index (κ2) is 4.13. The number of hydrogen-bond acceptors (Lipinski definition) is 3. The summed E-state index contributed by atoms with van der Waals surface area (Å²) >= 11 is 3.15. The molecule has 2 aromatic heterocycles. The van der Waals surface area contributed by atoms with E-state index in [2.05, 4.69) is 26.3 Å². The zero-order chi connectivity index (χ0) is 11.7. The third kappa shape index (κ3) is 2.01. The Balaban J connectivity index is 2.20. The van der Waals surface area contributed by atoms with E-state index in [0.717, 1.165) is 5.69 Å². The molecule has 2 heterocycles. The lowest BCUT2D eigenvalue weighted by Crippen LogP contribution is -2.14. The van der Waals surface area contributed by atoms with Crippen LogP contribution in [0.25, 0.3) is 0 Å². The molecular formula is C10H10BrN3O2. The number of hydrogen-bond donors (Lipinski definition) is 1. The predicted molar refractivity (Wildman–Crippen MR) is 62.3 cm³/mol. The number of furan rings is 1. The first-order chi connectivity index (χ1) is 7.58. The fourth-order valence-corrected chi connectivity index (χ4v) is 1.79. The van der Waals surface area contributed by atoms with E-state index in [9.17, 15) is 4.79 Å². The van der Waals surface area contributed by atoms with Gasteiger partial charge in [-0.15, -0.1) is 0 Å². The van der Waals surface area contributed by atoms with Gasteiger partial charge < -0.3 is 9.73 Å². The average Bonchev–Trinajstić information content (AvgIpc) is 2.74. The number of aryl methyl sites for hydroxylation is 2. The SMILES string of the molecule is Cc1cc(NC(=O)c2ccoc2Br)n(C)n1. The Morgan fingerprint density at radius 1 is 1.62 bits per heavy atom. The molecule has 0 spiro atoms. The van der Waals surface area contributed by atoms with Crippen LogP contribution in [0.5, 0.6) is 0 Å². The fraction of sp³-hybridized carbons (Fsp3) is 0.200. The zero-order valence-corrected chi connectivity index (χ0v) is 10.4. The summed E-state index contributed by atoms with van der Waals surface area (Å²) in [5.74, 6) is 0.416. The van der Waals surface area contributed by atoms with Crippen LogP contribution in [0.1, 0.15) is 16.1 Å². The number of amides is 1. The van der Waals surface area contributed by atoms with Crippen LogP contribution in [0.15, 0.2) is 27.5 Å². The molecule has 1 N–H and O–H groups in total. The van der Waals surface area contributed by atoms with Crippen molar-refractivity contribution in [3.8, 4) is 0 Å². The van der Waals surface area contributed by atoms with Crippen molar-refractivity contribution >= 4 is 27.7 Å². The number of halogens is 1. The van der Waals surface area contributed by atoms with E-state index in [1.165, 1.54) is 6.26 Å². The van der Waals surface area contributed by atoms with Crippen LogP contribution < -0.4 is 5.32 Å². The predicted octanol–water partition coefficient (Wildman–Crippen LogP) is 2.34. The van der Waals surface area contributed by atoms with Crippen molar-refractivity contribution < 1.29 is 9.21 Å². The number of nitrogens with zero attached hydrogens (tertiary/aromatic N) is 2. The summed E-state index contributed by atoms with van der Waals surface area (Å²) in [5, 5.41) is 6.88. The molecule has 0 aromatic carbocycles.